The molecule has 0 bridgehead atoms. The largest absolute Gasteiger partial charge is 0.321 e. The van der Waals surface area contributed by atoms with Crippen LogP contribution in [-0.4, -0.2) is 45.8 Å². The molecule has 1 aliphatic rings. The van der Waals surface area contributed by atoms with Crippen LogP contribution < -0.4 is 5.73 Å². The molecule has 2 N–H and O–H groups in total. The molecule has 5 heteroatoms. The molecule has 1 aromatic heterocycles. The molecule has 0 aromatic carbocycles. The summed E-state index contributed by atoms with van der Waals surface area (Å²) >= 11 is 2.00. The van der Waals surface area contributed by atoms with Crippen LogP contribution in [0.25, 0.3) is 0 Å². The molecule has 1 fully saturated rings. The zero-order chi connectivity index (χ0) is 12.3. The van der Waals surface area contributed by atoms with Crippen LogP contribution in [-0.2, 0) is 6.54 Å². The molecular formula is C12H22N4S. The van der Waals surface area contributed by atoms with Gasteiger partial charge in [-0.3, -0.25) is 9.58 Å². The Bertz CT molecular complexity index is 352. The van der Waals surface area contributed by atoms with Gasteiger partial charge in [0, 0.05) is 36.8 Å². The van der Waals surface area contributed by atoms with Gasteiger partial charge >= 0.3 is 0 Å². The van der Waals surface area contributed by atoms with Crippen molar-refractivity contribution in [1.82, 2.24) is 14.7 Å². The molecule has 0 spiro atoms. The SMILES string of the molecule is CCCn1nccc1C(N)C1CSCCN1C. The van der Waals surface area contributed by atoms with Gasteiger partial charge in [0.25, 0.3) is 0 Å². The van der Waals surface area contributed by atoms with Gasteiger partial charge in [0.2, 0.25) is 0 Å². The van der Waals surface area contributed by atoms with Gasteiger partial charge in [0.15, 0.2) is 0 Å². The van der Waals surface area contributed by atoms with Gasteiger partial charge in [-0.1, -0.05) is 6.92 Å². The standard InChI is InChI=1S/C12H22N4S/c1-3-6-16-10(4-5-14-16)12(13)11-9-17-8-7-15(11)2/h4-5,11-12H,3,6-9,13H2,1-2H3. The van der Waals surface area contributed by atoms with Crippen molar-refractivity contribution in [2.75, 3.05) is 25.1 Å². The quantitative estimate of drug-likeness (QED) is 0.881. The zero-order valence-corrected chi connectivity index (χ0v) is 11.5. The minimum absolute atomic E-state index is 0.0712. The molecule has 1 saturated heterocycles. The van der Waals surface area contributed by atoms with Crippen LogP contribution in [0, 0.1) is 0 Å². The summed E-state index contributed by atoms with van der Waals surface area (Å²) in [6.07, 6.45) is 2.96. The molecule has 2 unspecified atom stereocenters. The van der Waals surface area contributed by atoms with Crippen molar-refractivity contribution in [3.8, 4) is 0 Å². The molecule has 1 aliphatic heterocycles. The lowest BCUT2D eigenvalue weighted by Gasteiger charge is -2.36. The number of likely N-dealkylation sites (N-methyl/N-ethyl adjacent to an activating group) is 1. The highest BCUT2D eigenvalue weighted by molar-refractivity contribution is 7.99. The molecule has 0 saturated carbocycles. The predicted octanol–water partition coefficient (Wildman–Crippen LogP) is 1.34. The lowest BCUT2D eigenvalue weighted by Crippen LogP contribution is -2.46. The van der Waals surface area contributed by atoms with Crippen LogP contribution >= 0.6 is 11.8 Å². The van der Waals surface area contributed by atoms with E-state index in [1.54, 1.807) is 0 Å². The maximum absolute atomic E-state index is 6.42. The van der Waals surface area contributed by atoms with Crippen LogP contribution in [0.2, 0.25) is 0 Å². The Morgan fingerprint density at radius 2 is 2.47 bits per heavy atom. The van der Waals surface area contributed by atoms with Crippen LogP contribution in [0.1, 0.15) is 25.1 Å². The molecule has 96 valence electrons. The Kier molecular flexibility index (Phi) is 4.48. The van der Waals surface area contributed by atoms with Crippen LogP contribution in [0.5, 0.6) is 0 Å². The number of nitrogens with two attached hydrogens (primary N) is 1. The Hall–Kier alpha value is -0.520. The second-order valence-electron chi connectivity index (χ2n) is 4.63. The van der Waals surface area contributed by atoms with Gasteiger partial charge in [-0.05, 0) is 19.5 Å². The number of hydrogen-bond donors (Lipinski definition) is 1. The lowest BCUT2D eigenvalue weighted by molar-refractivity contribution is 0.232. The van der Waals surface area contributed by atoms with Crippen molar-refractivity contribution in [2.45, 2.75) is 32.0 Å². The fourth-order valence-corrected chi connectivity index (χ4v) is 3.59. The van der Waals surface area contributed by atoms with E-state index in [-0.39, 0.29) is 6.04 Å². The Labute approximate surface area is 108 Å². The van der Waals surface area contributed by atoms with Crippen molar-refractivity contribution >= 4 is 11.8 Å². The molecule has 0 radical (unpaired) electrons. The van der Waals surface area contributed by atoms with E-state index in [2.05, 4.69) is 34.7 Å². The van der Waals surface area contributed by atoms with Crippen LogP contribution in [0.15, 0.2) is 12.3 Å². The van der Waals surface area contributed by atoms with E-state index in [4.69, 9.17) is 5.73 Å². The number of nitrogens with zero attached hydrogens (tertiary/aromatic N) is 3. The first-order chi connectivity index (χ1) is 8.24. The predicted molar refractivity (Wildman–Crippen MR) is 73.2 cm³/mol. The highest BCUT2D eigenvalue weighted by Crippen LogP contribution is 2.24. The number of rotatable bonds is 4. The zero-order valence-electron chi connectivity index (χ0n) is 10.7. The van der Waals surface area contributed by atoms with E-state index in [0.29, 0.717) is 6.04 Å². The van der Waals surface area contributed by atoms with Crippen LogP contribution in [0.4, 0.5) is 0 Å². The highest BCUT2D eigenvalue weighted by atomic mass is 32.2. The first kappa shape index (κ1) is 12.9. The number of thioether (sulfide) groups is 1. The summed E-state index contributed by atoms with van der Waals surface area (Å²) in [7, 11) is 2.17. The van der Waals surface area contributed by atoms with Gasteiger partial charge in [0.05, 0.1) is 11.7 Å². The molecule has 0 amide bonds. The average Bonchev–Trinajstić information content (AvgIpc) is 2.78. The molecule has 1 aromatic rings. The minimum atomic E-state index is 0.0712. The fourth-order valence-electron chi connectivity index (χ4n) is 2.31. The van der Waals surface area contributed by atoms with Crippen molar-refractivity contribution < 1.29 is 0 Å². The number of aryl methyl sites for hydroxylation is 1. The second kappa shape index (κ2) is 5.89. The third kappa shape index (κ3) is 2.84. The maximum atomic E-state index is 6.42. The minimum Gasteiger partial charge on any atom is -0.321 e. The third-order valence-electron chi connectivity index (χ3n) is 3.38. The molecule has 4 nitrogen and oxygen atoms in total. The molecule has 17 heavy (non-hydrogen) atoms. The normalized spacial score (nSPS) is 23.8. The third-order valence-corrected chi connectivity index (χ3v) is 4.43. The number of hydrogen-bond acceptors (Lipinski definition) is 4. The summed E-state index contributed by atoms with van der Waals surface area (Å²) < 4.78 is 2.05. The van der Waals surface area contributed by atoms with Crippen molar-refractivity contribution in [2.24, 2.45) is 5.73 Å². The van der Waals surface area contributed by atoms with Crippen LogP contribution in [0.3, 0.4) is 0 Å². The van der Waals surface area contributed by atoms with E-state index in [0.717, 1.165) is 25.3 Å². The van der Waals surface area contributed by atoms with E-state index >= 15 is 0 Å². The molecule has 2 atom stereocenters. The smallest absolute Gasteiger partial charge is 0.0632 e. The van der Waals surface area contributed by atoms with Gasteiger partial charge in [-0.2, -0.15) is 16.9 Å². The van der Waals surface area contributed by atoms with Crippen molar-refractivity contribution in [1.29, 1.82) is 0 Å². The topological polar surface area (TPSA) is 47.1 Å². The summed E-state index contributed by atoms with van der Waals surface area (Å²) in [6.45, 7) is 4.25. The Balaban J connectivity index is 2.11. The summed E-state index contributed by atoms with van der Waals surface area (Å²) in [6, 6.07) is 2.57. The fraction of sp³-hybridized carbons (Fsp3) is 0.750. The molecule has 2 heterocycles. The summed E-state index contributed by atoms with van der Waals surface area (Å²) in [5, 5.41) is 4.36. The summed E-state index contributed by atoms with van der Waals surface area (Å²) in [5.74, 6) is 2.34. The van der Waals surface area contributed by atoms with E-state index in [9.17, 15) is 0 Å². The first-order valence-electron chi connectivity index (χ1n) is 6.29. The van der Waals surface area contributed by atoms with Gasteiger partial charge in [-0.15, -0.1) is 0 Å². The molecular weight excluding hydrogens is 232 g/mol. The summed E-state index contributed by atoms with van der Waals surface area (Å²) in [5.41, 5.74) is 7.59. The van der Waals surface area contributed by atoms with E-state index in [1.165, 1.54) is 11.4 Å². The van der Waals surface area contributed by atoms with Crippen molar-refractivity contribution in [3.63, 3.8) is 0 Å². The van der Waals surface area contributed by atoms with Gasteiger partial charge < -0.3 is 5.73 Å². The molecule has 0 aliphatic carbocycles. The second-order valence-corrected chi connectivity index (χ2v) is 5.78. The Morgan fingerprint density at radius 1 is 1.65 bits per heavy atom. The monoisotopic (exact) mass is 254 g/mol. The number of aromatic nitrogens is 2. The van der Waals surface area contributed by atoms with Gasteiger partial charge in [-0.25, -0.2) is 0 Å². The van der Waals surface area contributed by atoms with E-state index < -0.39 is 0 Å². The Morgan fingerprint density at radius 3 is 3.18 bits per heavy atom. The maximum Gasteiger partial charge on any atom is 0.0632 e. The summed E-state index contributed by atoms with van der Waals surface area (Å²) in [4.78, 5) is 2.38. The van der Waals surface area contributed by atoms with E-state index in [1.807, 2.05) is 18.0 Å². The molecule has 2 rings (SSSR count). The van der Waals surface area contributed by atoms with Crippen molar-refractivity contribution in [3.05, 3.63) is 18.0 Å². The highest BCUT2D eigenvalue weighted by Gasteiger charge is 2.28. The first-order valence-corrected chi connectivity index (χ1v) is 7.44. The lowest BCUT2D eigenvalue weighted by atomic mass is 10.1. The average molecular weight is 254 g/mol. The van der Waals surface area contributed by atoms with Gasteiger partial charge in [0.1, 0.15) is 0 Å².